The predicted octanol–water partition coefficient (Wildman–Crippen LogP) is 1.97. The zero-order valence-corrected chi connectivity index (χ0v) is 8.31. The Balaban J connectivity index is 3.32. The first-order valence-corrected chi connectivity index (χ1v) is 4.78. The van der Waals surface area contributed by atoms with E-state index in [-0.39, 0.29) is 0 Å². The summed E-state index contributed by atoms with van der Waals surface area (Å²) >= 11 is 0. The summed E-state index contributed by atoms with van der Waals surface area (Å²) in [6.45, 7) is 10.6. The van der Waals surface area contributed by atoms with Crippen molar-refractivity contribution in [3.05, 3.63) is 12.7 Å². The molecule has 0 radical (unpaired) electrons. The van der Waals surface area contributed by atoms with Gasteiger partial charge in [0.05, 0.1) is 6.61 Å². The number of hydrogen-bond acceptors (Lipinski definition) is 2. The fourth-order valence-electron chi connectivity index (χ4n) is 0.895. The molecule has 0 amide bonds. The van der Waals surface area contributed by atoms with E-state index < -0.39 is 0 Å². The Morgan fingerprint density at radius 1 is 1.42 bits per heavy atom. The minimum atomic E-state index is 0.316. The van der Waals surface area contributed by atoms with Crippen molar-refractivity contribution in [3.63, 3.8) is 0 Å². The molecule has 2 heteroatoms. The van der Waals surface area contributed by atoms with Gasteiger partial charge in [0.2, 0.25) is 0 Å². The number of rotatable bonds is 8. The van der Waals surface area contributed by atoms with Gasteiger partial charge in [-0.1, -0.05) is 19.9 Å². The summed E-state index contributed by atoms with van der Waals surface area (Å²) in [5.74, 6) is 0. The van der Waals surface area contributed by atoms with Crippen LogP contribution in [-0.2, 0) is 4.74 Å². The Bertz CT molecular complexity index is 104. The highest BCUT2D eigenvalue weighted by Gasteiger charge is 2.00. The van der Waals surface area contributed by atoms with E-state index in [2.05, 4.69) is 25.7 Å². The van der Waals surface area contributed by atoms with Crippen molar-refractivity contribution in [3.8, 4) is 0 Å². The van der Waals surface area contributed by atoms with Crippen LogP contribution in [0.5, 0.6) is 0 Å². The summed E-state index contributed by atoms with van der Waals surface area (Å²) in [4.78, 5) is 0. The third kappa shape index (κ3) is 6.38. The van der Waals surface area contributed by atoms with E-state index in [0.29, 0.717) is 6.04 Å². The van der Waals surface area contributed by atoms with Crippen molar-refractivity contribution in [1.29, 1.82) is 0 Å². The van der Waals surface area contributed by atoms with Gasteiger partial charge in [0.25, 0.3) is 0 Å². The quantitative estimate of drug-likeness (QED) is 0.445. The molecular formula is C10H21NO. The van der Waals surface area contributed by atoms with Crippen LogP contribution in [-0.4, -0.2) is 25.8 Å². The second kappa shape index (κ2) is 8.75. The van der Waals surface area contributed by atoms with Crippen molar-refractivity contribution < 1.29 is 4.74 Å². The third-order valence-electron chi connectivity index (χ3n) is 1.59. The highest BCUT2D eigenvalue weighted by molar-refractivity contribution is 4.84. The summed E-state index contributed by atoms with van der Waals surface area (Å²) in [6.07, 6.45) is 4.14. The molecule has 0 fully saturated rings. The van der Waals surface area contributed by atoms with Gasteiger partial charge in [0.15, 0.2) is 0 Å². The molecule has 0 saturated heterocycles. The van der Waals surface area contributed by atoms with Gasteiger partial charge in [0.1, 0.15) is 0 Å². The number of ether oxygens (including phenoxy) is 1. The van der Waals surface area contributed by atoms with Crippen molar-refractivity contribution in [2.75, 3.05) is 19.8 Å². The summed E-state index contributed by atoms with van der Waals surface area (Å²) < 4.78 is 5.40. The Morgan fingerprint density at radius 3 is 2.67 bits per heavy atom. The van der Waals surface area contributed by atoms with Gasteiger partial charge in [-0.25, -0.2) is 0 Å². The zero-order valence-electron chi connectivity index (χ0n) is 8.31. The third-order valence-corrected chi connectivity index (χ3v) is 1.59. The first-order valence-electron chi connectivity index (χ1n) is 4.78. The van der Waals surface area contributed by atoms with Gasteiger partial charge < -0.3 is 10.1 Å². The van der Waals surface area contributed by atoms with Gasteiger partial charge in [0, 0.05) is 12.6 Å². The smallest absolute Gasteiger partial charge is 0.0655 e. The summed E-state index contributed by atoms with van der Waals surface area (Å²) in [7, 11) is 0. The van der Waals surface area contributed by atoms with Gasteiger partial charge in [-0.2, -0.15) is 0 Å². The molecule has 0 aromatic heterocycles. The molecule has 0 aromatic rings. The van der Waals surface area contributed by atoms with Gasteiger partial charge in [-0.3, -0.25) is 0 Å². The van der Waals surface area contributed by atoms with Crippen molar-refractivity contribution in [2.45, 2.75) is 32.7 Å². The maximum Gasteiger partial charge on any atom is 0.0655 e. The standard InChI is InChI=1S/C10H21NO/c1-4-7-11-10(6-3)9-12-8-5-2/h6,10-11H,3-5,7-9H2,1-2H3. The highest BCUT2D eigenvalue weighted by atomic mass is 16.5. The lowest BCUT2D eigenvalue weighted by molar-refractivity contribution is 0.122. The molecule has 0 spiro atoms. The Morgan fingerprint density at radius 2 is 2.17 bits per heavy atom. The largest absolute Gasteiger partial charge is 0.380 e. The van der Waals surface area contributed by atoms with Crippen LogP contribution in [0.3, 0.4) is 0 Å². The van der Waals surface area contributed by atoms with Crippen LogP contribution in [0.25, 0.3) is 0 Å². The van der Waals surface area contributed by atoms with Crippen LogP contribution in [0.4, 0.5) is 0 Å². The molecule has 1 atom stereocenters. The van der Waals surface area contributed by atoms with E-state index >= 15 is 0 Å². The maximum atomic E-state index is 5.40. The fraction of sp³-hybridized carbons (Fsp3) is 0.800. The van der Waals surface area contributed by atoms with Crippen LogP contribution in [0, 0.1) is 0 Å². The lowest BCUT2D eigenvalue weighted by Gasteiger charge is -2.13. The molecule has 2 nitrogen and oxygen atoms in total. The lowest BCUT2D eigenvalue weighted by Crippen LogP contribution is -2.32. The van der Waals surface area contributed by atoms with Crippen molar-refractivity contribution in [2.24, 2.45) is 0 Å². The van der Waals surface area contributed by atoms with E-state index in [1.807, 2.05) is 6.08 Å². The Labute approximate surface area is 76.0 Å². The Hall–Kier alpha value is -0.340. The van der Waals surface area contributed by atoms with E-state index in [4.69, 9.17) is 4.74 Å². The van der Waals surface area contributed by atoms with Gasteiger partial charge in [-0.15, -0.1) is 6.58 Å². The second-order valence-corrected chi connectivity index (χ2v) is 2.87. The van der Waals surface area contributed by atoms with Crippen LogP contribution in [0.2, 0.25) is 0 Å². The van der Waals surface area contributed by atoms with Crippen LogP contribution >= 0.6 is 0 Å². The molecule has 0 heterocycles. The molecule has 12 heavy (non-hydrogen) atoms. The Kier molecular flexibility index (Phi) is 8.51. The molecule has 0 aromatic carbocycles. The molecule has 1 unspecified atom stereocenters. The first-order chi connectivity index (χ1) is 5.85. The average molecular weight is 171 g/mol. The normalized spacial score (nSPS) is 12.8. The molecule has 1 N–H and O–H groups in total. The molecule has 0 bridgehead atoms. The topological polar surface area (TPSA) is 21.3 Å². The van der Waals surface area contributed by atoms with E-state index in [9.17, 15) is 0 Å². The van der Waals surface area contributed by atoms with Crippen LogP contribution in [0.1, 0.15) is 26.7 Å². The predicted molar refractivity (Wildman–Crippen MR) is 53.4 cm³/mol. The highest BCUT2D eigenvalue weighted by Crippen LogP contribution is 1.89. The van der Waals surface area contributed by atoms with Crippen LogP contribution in [0.15, 0.2) is 12.7 Å². The number of nitrogens with one attached hydrogen (secondary N) is 1. The molecule has 72 valence electrons. The number of hydrogen-bond donors (Lipinski definition) is 1. The van der Waals surface area contributed by atoms with Crippen molar-refractivity contribution >= 4 is 0 Å². The molecule has 0 aliphatic carbocycles. The van der Waals surface area contributed by atoms with Gasteiger partial charge >= 0.3 is 0 Å². The minimum absolute atomic E-state index is 0.316. The summed E-state index contributed by atoms with van der Waals surface area (Å²) in [5, 5.41) is 3.33. The minimum Gasteiger partial charge on any atom is -0.380 e. The second-order valence-electron chi connectivity index (χ2n) is 2.87. The first kappa shape index (κ1) is 11.7. The SMILES string of the molecule is C=CC(COCCC)NCCC. The van der Waals surface area contributed by atoms with E-state index in [0.717, 1.165) is 32.6 Å². The molecule has 0 aliphatic heterocycles. The molecule has 0 aliphatic rings. The molecular weight excluding hydrogens is 150 g/mol. The van der Waals surface area contributed by atoms with Crippen LogP contribution < -0.4 is 5.32 Å². The molecule has 0 rings (SSSR count). The van der Waals surface area contributed by atoms with Gasteiger partial charge in [-0.05, 0) is 19.4 Å². The lowest BCUT2D eigenvalue weighted by atomic mass is 10.3. The fourth-order valence-corrected chi connectivity index (χ4v) is 0.895. The monoisotopic (exact) mass is 171 g/mol. The average Bonchev–Trinajstić information content (AvgIpc) is 2.11. The maximum absolute atomic E-state index is 5.40. The zero-order chi connectivity index (χ0) is 9.23. The van der Waals surface area contributed by atoms with E-state index in [1.165, 1.54) is 0 Å². The summed E-state index contributed by atoms with van der Waals surface area (Å²) in [5.41, 5.74) is 0. The van der Waals surface area contributed by atoms with Crippen molar-refractivity contribution in [1.82, 2.24) is 5.32 Å². The summed E-state index contributed by atoms with van der Waals surface area (Å²) in [6, 6.07) is 0.316. The molecule has 0 saturated carbocycles. The van der Waals surface area contributed by atoms with E-state index in [1.54, 1.807) is 0 Å².